The van der Waals surface area contributed by atoms with E-state index < -0.39 is 6.04 Å². The number of ketones is 1. The zero-order chi connectivity index (χ0) is 20.6. The summed E-state index contributed by atoms with van der Waals surface area (Å²) in [5.41, 5.74) is 2.00. The van der Waals surface area contributed by atoms with Crippen LogP contribution in [0.15, 0.2) is 65.8 Å². The number of thioether (sulfide) groups is 1. The van der Waals surface area contributed by atoms with E-state index in [4.69, 9.17) is 0 Å². The summed E-state index contributed by atoms with van der Waals surface area (Å²) in [4.78, 5) is 24.4. The molecule has 2 aromatic carbocycles. The number of hydrogen-bond acceptors (Lipinski definition) is 5. The van der Waals surface area contributed by atoms with Crippen LogP contribution < -0.4 is 5.32 Å². The summed E-state index contributed by atoms with van der Waals surface area (Å²) in [7, 11) is 0. The Balaban J connectivity index is 1.62. The SMILES string of the molecule is CCn1c(SCC(=O)N[C@H](Cc2ccccc2)C(C)=O)nnc1-c1ccccc1. The van der Waals surface area contributed by atoms with Gasteiger partial charge in [-0.3, -0.25) is 9.59 Å². The first-order valence-corrected chi connectivity index (χ1v) is 10.5. The topological polar surface area (TPSA) is 76.9 Å². The molecule has 0 unspecified atom stereocenters. The molecule has 1 amide bonds. The predicted octanol–water partition coefficient (Wildman–Crippen LogP) is 3.37. The normalized spacial score (nSPS) is 11.8. The molecule has 0 fully saturated rings. The van der Waals surface area contributed by atoms with Crippen molar-refractivity contribution < 1.29 is 9.59 Å². The molecule has 0 aliphatic rings. The molecule has 3 aromatic rings. The van der Waals surface area contributed by atoms with Gasteiger partial charge in [-0.1, -0.05) is 72.4 Å². The lowest BCUT2D eigenvalue weighted by molar-refractivity contribution is -0.125. The van der Waals surface area contributed by atoms with Gasteiger partial charge in [-0.2, -0.15) is 0 Å². The highest BCUT2D eigenvalue weighted by atomic mass is 32.2. The van der Waals surface area contributed by atoms with Crippen molar-refractivity contribution in [1.29, 1.82) is 0 Å². The van der Waals surface area contributed by atoms with Crippen LogP contribution >= 0.6 is 11.8 Å². The first kappa shape index (κ1) is 20.8. The van der Waals surface area contributed by atoms with E-state index in [0.29, 0.717) is 18.1 Å². The van der Waals surface area contributed by atoms with Gasteiger partial charge in [0.15, 0.2) is 16.8 Å². The molecule has 150 valence electrons. The zero-order valence-corrected chi connectivity index (χ0v) is 17.4. The summed E-state index contributed by atoms with van der Waals surface area (Å²) in [6.45, 7) is 4.22. The Kier molecular flexibility index (Phi) is 7.19. The molecule has 0 saturated carbocycles. The number of Topliss-reactive ketones (excluding diaryl/α,β-unsaturated/α-hetero) is 1. The van der Waals surface area contributed by atoms with E-state index in [1.54, 1.807) is 0 Å². The minimum Gasteiger partial charge on any atom is -0.345 e. The van der Waals surface area contributed by atoms with Gasteiger partial charge in [0.1, 0.15) is 0 Å². The second kappa shape index (κ2) is 10.0. The van der Waals surface area contributed by atoms with Gasteiger partial charge in [-0.05, 0) is 25.8 Å². The third-order valence-electron chi connectivity index (χ3n) is 4.51. The highest BCUT2D eigenvalue weighted by Gasteiger charge is 2.19. The van der Waals surface area contributed by atoms with Gasteiger partial charge in [0.25, 0.3) is 0 Å². The molecule has 3 rings (SSSR count). The van der Waals surface area contributed by atoms with Gasteiger partial charge in [0.05, 0.1) is 11.8 Å². The van der Waals surface area contributed by atoms with Crippen molar-refractivity contribution in [2.75, 3.05) is 5.75 Å². The van der Waals surface area contributed by atoms with E-state index in [9.17, 15) is 9.59 Å². The molecule has 0 saturated heterocycles. The Labute approximate surface area is 174 Å². The van der Waals surface area contributed by atoms with Crippen LogP contribution in [0.3, 0.4) is 0 Å². The Morgan fingerprint density at radius 3 is 2.31 bits per heavy atom. The molecule has 0 bridgehead atoms. The van der Waals surface area contributed by atoms with E-state index in [-0.39, 0.29) is 17.4 Å². The second-order valence-electron chi connectivity index (χ2n) is 6.63. The van der Waals surface area contributed by atoms with Gasteiger partial charge in [-0.25, -0.2) is 0 Å². The molecule has 6 nitrogen and oxygen atoms in total. The number of aromatic nitrogens is 3. The Morgan fingerprint density at radius 2 is 1.69 bits per heavy atom. The Bertz CT molecular complexity index is 957. The second-order valence-corrected chi connectivity index (χ2v) is 7.57. The van der Waals surface area contributed by atoms with Crippen molar-refractivity contribution in [1.82, 2.24) is 20.1 Å². The van der Waals surface area contributed by atoms with Crippen molar-refractivity contribution in [3.63, 3.8) is 0 Å². The van der Waals surface area contributed by atoms with Gasteiger partial charge in [0.2, 0.25) is 5.91 Å². The Hall–Kier alpha value is -2.93. The molecule has 1 aromatic heterocycles. The third kappa shape index (κ3) is 5.54. The fraction of sp³-hybridized carbons (Fsp3) is 0.273. The van der Waals surface area contributed by atoms with Gasteiger partial charge < -0.3 is 9.88 Å². The summed E-state index contributed by atoms with van der Waals surface area (Å²) in [5.74, 6) is 0.695. The van der Waals surface area contributed by atoms with E-state index in [1.165, 1.54) is 18.7 Å². The van der Waals surface area contributed by atoms with Crippen LogP contribution in [0.5, 0.6) is 0 Å². The highest BCUT2D eigenvalue weighted by molar-refractivity contribution is 7.99. The van der Waals surface area contributed by atoms with Crippen molar-refractivity contribution in [2.24, 2.45) is 0 Å². The van der Waals surface area contributed by atoms with Gasteiger partial charge in [-0.15, -0.1) is 10.2 Å². The number of nitrogens with one attached hydrogen (secondary N) is 1. The lowest BCUT2D eigenvalue weighted by atomic mass is 10.0. The standard InChI is InChI=1S/C22H24N4O2S/c1-3-26-21(18-12-8-5-9-13-18)24-25-22(26)29-15-20(28)23-19(16(2)27)14-17-10-6-4-7-11-17/h4-13,19H,3,14-15H2,1-2H3,(H,23,28)/t19-/m1/s1. The maximum Gasteiger partial charge on any atom is 0.231 e. The number of nitrogens with zero attached hydrogens (tertiary/aromatic N) is 3. The predicted molar refractivity (Wildman–Crippen MR) is 115 cm³/mol. The number of rotatable bonds is 9. The van der Waals surface area contributed by atoms with Crippen LogP contribution in [-0.4, -0.2) is 38.2 Å². The van der Waals surface area contributed by atoms with Crippen LogP contribution in [0.1, 0.15) is 19.4 Å². The molecule has 29 heavy (non-hydrogen) atoms. The molecule has 0 spiro atoms. The van der Waals surface area contributed by atoms with E-state index in [2.05, 4.69) is 15.5 Å². The molecule has 0 radical (unpaired) electrons. The molecule has 0 aliphatic carbocycles. The van der Waals surface area contributed by atoms with Crippen molar-refractivity contribution in [2.45, 2.75) is 38.0 Å². The molecule has 0 aliphatic heterocycles. The Morgan fingerprint density at radius 1 is 1.03 bits per heavy atom. The summed E-state index contributed by atoms with van der Waals surface area (Å²) in [6.07, 6.45) is 0.482. The van der Waals surface area contributed by atoms with Crippen LogP contribution in [0.4, 0.5) is 0 Å². The first-order valence-electron chi connectivity index (χ1n) is 9.53. The highest BCUT2D eigenvalue weighted by Crippen LogP contribution is 2.23. The minimum atomic E-state index is -0.533. The molecular weight excluding hydrogens is 384 g/mol. The maximum absolute atomic E-state index is 12.5. The largest absolute Gasteiger partial charge is 0.345 e. The van der Waals surface area contributed by atoms with E-state index in [0.717, 1.165) is 17.0 Å². The number of benzene rings is 2. The van der Waals surface area contributed by atoms with Crippen molar-refractivity contribution in [3.05, 3.63) is 66.2 Å². The quantitative estimate of drug-likeness (QED) is 0.549. The zero-order valence-electron chi connectivity index (χ0n) is 16.5. The van der Waals surface area contributed by atoms with Crippen molar-refractivity contribution >= 4 is 23.5 Å². The number of hydrogen-bond donors (Lipinski definition) is 1. The lowest BCUT2D eigenvalue weighted by Crippen LogP contribution is -2.42. The fourth-order valence-electron chi connectivity index (χ4n) is 2.99. The summed E-state index contributed by atoms with van der Waals surface area (Å²) in [5, 5.41) is 12.1. The summed E-state index contributed by atoms with van der Waals surface area (Å²) in [6, 6.07) is 19.0. The third-order valence-corrected chi connectivity index (χ3v) is 5.47. The maximum atomic E-state index is 12.5. The number of carbonyl (C=O) groups excluding carboxylic acids is 2. The average molecular weight is 409 g/mol. The molecule has 1 N–H and O–H groups in total. The monoisotopic (exact) mass is 408 g/mol. The van der Waals surface area contributed by atoms with Crippen LogP contribution in [-0.2, 0) is 22.6 Å². The molecule has 7 heteroatoms. The average Bonchev–Trinajstić information content (AvgIpc) is 3.16. The summed E-state index contributed by atoms with van der Waals surface area (Å²) >= 11 is 1.32. The fourth-order valence-corrected chi connectivity index (χ4v) is 3.81. The smallest absolute Gasteiger partial charge is 0.231 e. The number of amides is 1. The number of carbonyl (C=O) groups is 2. The molecule has 1 atom stereocenters. The first-order chi connectivity index (χ1) is 14.1. The molecular formula is C22H24N4O2S. The van der Waals surface area contributed by atoms with Crippen LogP contribution in [0.25, 0.3) is 11.4 Å². The van der Waals surface area contributed by atoms with Gasteiger partial charge >= 0.3 is 0 Å². The lowest BCUT2D eigenvalue weighted by Gasteiger charge is -2.16. The molecule has 1 heterocycles. The summed E-state index contributed by atoms with van der Waals surface area (Å²) < 4.78 is 1.99. The van der Waals surface area contributed by atoms with E-state index >= 15 is 0 Å². The minimum absolute atomic E-state index is 0.0599. The van der Waals surface area contributed by atoms with Crippen LogP contribution in [0.2, 0.25) is 0 Å². The van der Waals surface area contributed by atoms with Gasteiger partial charge in [0, 0.05) is 12.1 Å². The van der Waals surface area contributed by atoms with Crippen molar-refractivity contribution in [3.8, 4) is 11.4 Å². The van der Waals surface area contributed by atoms with Crippen LogP contribution in [0, 0.1) is 0 Å². The van der Waals surface area contributed by atoms with E-state index in [1.807, 2.05) is 72.2 Å².